The zero-order valence-corrected chi connectivity index (χ0v) is 17.5. The molecule has 0 atom stereocenters. The van der Waals surface area contributed by atoms with Gasteiger partial charge in [-0.1, -0.05) is 18.2 Å². The molecule has 162 valence electrons. The number of nitro groups is 1. The first kappa shape index (κ1) is 20.8. The maximum atomic E-state index is 13.0. The molecule has 0 saturated carbocycles. The van der Waals surface area contributed by atoms with Gasteiger partial charge >= 0.3 is 0 Å². The van der Waals surface area contributed by atoms with Gasteiger partial charge in [-0.15, -0.1) is 0 Å². The van der Waals surface area contributed by atoms with E-state index in [9.17, 15) is 14.9 Å². The average molecular weight is 433 g/mol. The summed E-state index contributed by atoms with van der Waals surface area (Å²) in [7, 11) is 2.74. The number of aromatic nitrogens is 3. The fraction of sp³-hybridized carbons (Fsp3) is 0.136. The molecule has 0 radical (unpaired) electrons. The van der Waals surface area contributed by atoms with Gasteiger partial charge in [0.1, 0.15) is 11.4 Å². The molecule has 0 saturated heterocycles. The lowest BCUT2D eigenvalue weighted by Gasteiger charge is -2.12. The molecular formula is C22H19N5O5. The number of benzene rings is 2. The Bertz CT molecular complexity index is 1350. The van der Waals surface area contributed by atoms with Crippen LogP contribution in [0.5, 0.6) is 11.5 Å². The third kappa shape index (κ3) is 3.81. The van der Waals surface area contributed by atoms with Crippen molar-refractivity contribution in [3.8, 4) is 17.3 Å². The summed E-state index contributed by atoms with van der Waals surface area (Å²) in [5.41, 5.74) is 0.819. The minimum absolute atomic E-state index is 0.150. The molecule has 0 unspecified atom stereocenters. The number of carbonyl (C=O) groups excluding carboxylic acids is 1. The number of hydrogen-bond donors (Lipinski definition) is 1. The summed E-state index contributed by atoms with van der Waals surface area (Å²) in [6.07, 6.45) is 0. The number of fused-ring (bicyclic) bond motifs is 1. The zero-order valence-electron chi connectivity index (χ0n) is 17.5. The number of para-hydroxylation sites is 1. The number of nitrogens with one attached hydrogen (secondary N) is 1. The van der Waals surface area contributed by atoms with E-state index in [2.05, 4.69) is 15.4 Å². The second-order valence-corrected chi connectivity index (χ2v) is 6.88. The van der Waals surface area contributed by atoms with Crippen LogP contribution in [0.3, 0.4) is 0 Å². The van der Waals surface area contributed by atoms with Gasteiger partial charge in [0.2, 0.25) is 0 Å². The molecule has 0 aliphatic carbocycles. The van der Waals surface area contributed by atoms with Crippen molar-refractivity contribution in [2.24, 2.45) is 0 Å². The predicted molar refractivity (Wildman–Crippen MR) is 118 cm³/mol. The number of ether oxygens (including phenoxy) is 2. The maximum absolute atomic E-state index is 13.0. The number of hydrogen-bond acceptors (Lipinski definition) is 7. The van der Waals surface area contributed by atoms with Crippen molar-refractivity contribution in [1.82, 2.24) is 14.8 Å². The predicted octanol–water partition coefficient (Wildman–Crippen LogP) is 3.91. The summed E-state index contributed by atoms with van der Waals surface area (Å²) in [6, 6.07) is 15.4. The molecule has 2 heterocycles. The molecule has 1 amide bonds. The summed E-state index contributed by atoms with van der Waals surface area (Å²) in [4.78, 5) is 28.6. The third-order valence-corrected chi connectivity index (χ3v) is 4.82. The van der Waals surface area contributed by atoms with E-state index in [1.807, 2.05) is 30.3 Å². The normalized spacial score (nSPS) is 10.7. The van der Waals surface area contributed by atoms with Crippen molar-refractivity contribution in [2.75, 3.05) is 19.5 Å². The second-order valence-electron chi connectivity index (χ2n) is 6.88. The molecular weight excluding hydrogens is 414 g/mol. The molecule has 4 aromatic rings. The fourth-order valence-electron chi connectivity index (χ4n) is 3.32. The Morgan fingerprint density at radius 1 is 1.06 bits per heavy atom. The minimum Gasteiger partial charge on any atom is -0.493 e. The van der Waals surface area contributed by atoms with Gasteiger partial charge in [-0.3, -0.25) is 14.9 Å². The van der Waals surface area contributed by atoms with Gasteiger partial charge in [-0.25, -0.2) is 4.98 Å². The van der Waals surface area contributed by atoms with E-state index in [1.54, 1.807) is 19.1 Å². The highest BCUT2D eigenvalue weighted by Crippen LogP contribution is 2.35. The molecule has 10 nitrogen and oxygen atoms in total. The summed E-state index contributed by atoms with van der Waals surface area (Å²) in [5.74, 6) is 0.467. The summed E-state index contributed by atoms with van der Waals surface area (Å²) >= 11 is 0. The number of anilines is 1. The highest BCUT2D eigenvalue weighted by atomic mass is 16.6. The van der Waals surface area contributed by atoms with Crippen molar-refractivity contribution in [3.63, 3.8) is 0 Å². The standard InChI is InChI=1S/C22H19N5O5/c1-13-10-21(26(25-13)20-9-8-14-6-4-5-7-16(14)23-20)24-22(28)15-11-18(31-2)19(32-3)12-17(15)27(29)30/h4-12H,1-3H3,(H,24,28). The van der Waals surface area contributed by atoms with Crippen molar-refractivity contribution in [3.05, 3.63) is 76.0 Å². The number of methoxy groups -OCH3 is 2. The number of nitrogens with zero attached hydrogens (tertiary/aromatic N) is 4. The van der Waals surface area contributed by atoms with Crippen molar-refractivity contribution in [1.29, 1.82) is 0 Å². The molecule has 0 spiro atoms. The first-order valence-electron chi connectivity index (χ1n) is 9.56. The van der Waals surface area contributed by atoms with E-state index in [4.69, 9.17) is 9.47 Å². The molecule has 0 fully saturated rings. The lowest BCUT2D eigenvalue weighted by atomic mass is 10.1. The minimum atomic E-state index is -0.695. The van der Waals surface area contributed by atoms with E-state index in [0.29, 0.717) is 17.3 Å². The van der Waals surface area contributed by atoms with Gasteiger partial charge in [-0.2, -0.15) is 9.78 Å². The van der Waals surface area contributed by atoms with Gasteiger partial charge in [-0.05, 0) is 25.1 Å². The van der Waals surface area contributed by atoms with Crippen LogP contribution in [-0.2, 0) is 0 Å². The van der Waals surface area contributed by atoms with Crippen LogP contribution in [0.15, 0.2) is 54.6 Å². The van der Waals surface area contributed by atoms with Crippen LogP contribution in [0, 0.1) is 17.0 Å². The number of pyridine rings is 1. The Hall–Kier alpha value is -4.47. The van der Waals surface area contributed by atoms with Crippen LogP contribution < -0.4 is 14.8 Å². The second kappa shape index (κ2) is 8.34. The number of amides is 1. The molecule has 0 aliphatic heterocycles. The Labute approximate surface area is 182 Å². The van der Waals surface area contributed by atoms with Crippen LogP contribution in [-0.4, -0.2) is 39.8 Å². The molecule has 1 N–H and O–H groups in total. The molecule has 4 rings (SSSR count). The summed E-state index contributed by atoms with van der Waals surface area (Å²) in [6.45, 7) is 1.77. The van der Waals surface area contributed by atoms with Gasteiger partial charge in [0.05, 0.1) is 36.4 Å². The highest BCUT2D eigenvalue weighted by molar-refractivity contribution is 6.07. The quantitative estimate of drug-likeness (QED) is 0.361. The van der Waals surface area contributed by atoms with Gasteiger partial charge < -0.3 is 14.8 Å². The zero-order chi connectivity index (χ0) is 22.8. The van der Waals surface area contributed by atoms with Gasteiger partial charge in [0.25, 0.3) is 11.6 Å². The first-order valence-corrected chi connectivity index (χ1v) is 9.56. The van der Waals surface area contributed by atoms with Gasteiger partial charge in [0, 0.05) is 17.5 Å². The first-order chi connectivity index (χ1) is 15.4. The lowest BCUT2D eigenvalue weighted by Crippen LogP contribution is -2.17. The number of nitro benzene ring substituents is 1. The molecule has 2 aromatic carbocycles. The Balaban J connectivity index is 1.74. The summed E-state index contributed by atoms with van der Waals surface area (Å²) in [5, 5.41) is 19.6. The van der Waals surface area contributed by atoms with E-state index in [1.165, 1.54) is 25.0 Å². The lowest BCUT2D eigenvalue weighted by molar-refractivity contribution is -0.385. The molecule has 0 aliphatic rings. The van der Waals surface area contributed by atoms with E-state index in [-0.39, 0.29) is 17.1 Å². The SMILES string of the molecule is COc1cc(C(=O)Nc2cc(C)nn2-c2ccc3ccccc3n2)c([N+](=O)[O-])cc1OC. The highest BCUT2D eigenvalue weighted by Gasteiger charge is 2.25. The average Bonchev–Trinajstić information content (AvgIpc) is 3.17. The van der Waals surface area contributed by atoms with Crippen LogP contribution in [0.2, 0.25) is 0 Å². The van der Waals surface area contributed by atoms with Crippen molar-refractivity contribution >= 4 is 28.3 Å². The molecule has 0 bridgehead atoms. The Morgan fingerprint density at radius 3 is 2.50 bits per heavy atom. The van der Waals surface area contributed by atoms with E-state index in [0.717, 1.165) is 17.0 Å². The van der Waals surface area contributed by atoms with Crippen LogP contribution in [0.25, 0.3) is 16.7 Å². The Morgan fingerprint density at radius 2 is 1.78 bits per heavy atom. The molecule has 32 heavy (non-hydrogen) atoms. The number of rotatable bonds is 6. The van der Waals surface area contributed by atoms with Crippen LogP contribution >= 0.6 is 0 Å². The van der Waals surface area contributed by atoms with Crippen molar-refractivity contribution < 1.29 is 19.2 Å². The largest absolute Gasteiger partial charge is 0.493 e. The topological polar surface area (TPSA) is 121 Å². The number of aryl methyl sites for hydroxylation is 1. The van der Waals surface area contributed by atoms with E-state index >= 15 is 0 Å². The Kier molecular flexibility index (Phi) is 5.42. The van der Waals surface area contributed by atoms with Crippen molar-refractivity contribution in [2.45, 2.75) is 6.92 Å². The monoisotopic (exact) mass is 433 g/mol. The maximum Gasteiger partial charge on any atom is 0.286 e. The third-order valence-electron chi connectivity index (χ3n) is 4.82. The van der Waals surface area contributed by atoms with Gasteiger partial charge in [0.15, 0.2) is 17.3 Å². The number of carbonyl (C=O) groups is 1. The molecule has 2 aromatic heterocycles. The molecule has 10 heteroatoms. The van der Waals surface area contributed by atoms with Crippen LogP contribution in [0.1, 0.15) is 16.1 Å². The van der Waals surface area contributed by atoms with E-state index < -0.39 is 16.5 Å². The summed E-state index contributed by atoms with van der Waals surface area (Å²) < 4.78 is 11.8. The van der Waals surface area contributed by atoms with Crippen LogP contribution in [0.4, 0.5) is 11.5 Å². The fourth-order valence-corrected chi connectivity index (χ4v) is 3.32. The smallest absolute Gasteiger partial charge is 0.286 e.